The SMILES string of the molecule is C=CC(=O)N1CCC2(CC(n3c(NC(=O)c4cc(C)cs4)nc4ccccc43)C2)C1.C=CC(=O)N1CCC2(CC(n3c(NC(=O)c4cc5c(s4)CCCC5)nc4ccccc43)C2)C1.C=CC(=O)N1CCC2(CC(n3c(NC(=O)c4ccc(-c5ccco5)s4)nc4ccc(CN5CCOCC5)cc43)C2)C1.C=CC(=O)N1CCC2(CC(n3c(NC(=O)c4ccc(-c5ccco5)s4)nc4ccc(CO)cc43)C2)C1. The fourth-order valence-corrected chi connectivity index (χ4v) is 26.8. The number of benzene rings is 4. The summed E-state index contributed by atoms with van der Waals surface area (Å²) in [4.78, 5) is 136. The van der Waals surface area contributed by atoms with Crippen LogP contribution in [0.1, 0.15) is 180 Å². The Hall–Kier alpha value is -13.3. The van der Waals surface area contributed by atoms with Gasteiger partial charge < -0.3 is 56.5 Å². The van der Waals surface area contributed by atoms with E-state index in [0.717, 1.165) is 257 Å². The van der Waals surface area contributed by atoms with E-state index in [1.165, 1.54) is 87.2 Å². The quantitative estimate of drug-likeness (QED) is 0.0417. The van der Waals surface area contributed by atoms with Gasteiger partial charge in [-0.1, -0.05) is 62.7 Å². The van der Waals surface area contributed by atoms with Crippen molar-refractivity contribution in [2.75, 3.05) is 99.9 Å². The molecule has 5 aliphatic carbocycles. The normalized spacial score (nSPS) is 22.7. The van der Waals surface area contributed by atoms with Crippen molar-refractivity contribution in [1.29, 1.82) is 0 Å². The van der Waals surface area contributed by atoms with Gasteiger partial charge in [-0.2, -0.15) is 0 Å². The van der Waals surface area contributed by atoms with Crippen molar-refractivity contribution in [2.24, 2.45) is 21.7 Å². The number of aromatic nitrogens is 8. The van der Waals surface area contributed by atoms with Crippen molar-refractivity contribution in [2.45, 2.75) is 147 Å². The number of morpholine rings is 1. The second-order valence-corrected chi connectivity index (χ2v) is 43.6. The molecule has 15 heterocycles. The summed E-state index contributed by atoms with van der Waals surface area (Å²) in [5, 5.41) is 24.0. The summed E-state index contributed by atoms with van der Waals surface area (Å²) in [7, 11) is 0. The number of amides is 8. The van der Waals surface area contributed by atoms with Gasteiger partial charge >= 0.3 is 0 Å². The third-order valence-corrected chi connectivity index (χ3v) is 34.6. The fraction of sp³-hybridized carbons (Fsp3) is 0.364. The molecule has 5 N–H and O–H groups in total. The van der Waals surface area contributed by atoms with Crippen molar-refractivity contribution in [1.82, 2.24) is 62.7 Å². The number of carbonyl (C=O) groups is 8. The summed E-state index contributed by atoms with van der Waals surface area (Å²) in [6, 6.07) is 47.8. The maximum Gasteiger partial charge on any atom is 0.268 e. The van der Waals surface area contributed by atoms with Gasteiger partial charge in [0.15, 0.2) is 0 Å². The molecular formula is C107H111N17O12S4. The van der Waals surface area contributed by atoms with Crippen LogP contribution >= 0.6 is 45.3 Å². The molecule has 24 rings (SSSR count). The molecule has 8 amide bonds. The van der Waals surface area contributed by atoms with Gasteiger partial charge in [-0.25, -0.2) is 19.9 Å². The van der Waals surface area contributed by atoms with Gasteiger partial charge in [0.1, 0.15) is 11.5 Å². The average molecular weight is 1960 g/mol. The molecule has 29 nitrogen and oxygen atoms in total. The first kappa shape index (κ1) is 93.0. The zero-order valence-corrected chi connectivity index (χ0v) is 81.4. The lowest BCUT2D eigenvalue weighted by Crippen LogP contribution is -2.42. The summed E-state index contributed by atoms with van der Waals surface area (Å²) < 4.78 is 25.2. The topological polar surface area (TPSA) is 328 Å². The number of likely N-dealkylation sites (tertiary alicyclic amines) is 4. The molecule has 0 radical (unpaired) electrons. The first-order valence-electron chi connectivity index (χ1n) is 48.2. The largest absolute Gasteiger partial charge is 0.464 e. The van der Waals surface area contributed by atoms with E-state index in [2.05, 4.69) is 107 Å². The minimum Gasteiger partial charge on any atom is -0.464 e. The number of fused-ring (bicyclic) bond motifs is 5. The van der Waals surface area contributed by atoms with Gasteiger partial charge in [0.2, 0.25) is 47.4 Å². The molecule has 4 aromatic carbocycles. The number of thiophene rings is 4. The molecule has 4 saturated carbocycles. The third-order valence-electron chi connectivity index (χ3n) is 30.2. The monoisotopic (exact) mass is 1950 g/mol. The Bertz CT molecular complexity index is 7130. The van der Waals surface area contributed by atoms with Crippen LogP contribution in [0, 0.1) is 28.6 Å². The predicted molar refractivity (Wildman–Crippen MR) is 545 cm³/mol. The van der Waals surface area contributed by atoms with Crippen molar-refractivity contribution in [3.63, 3.8) is 0 Å². The molecule has 10 aromatic heterocycles. The van der Waals surface area contributed by atoms with Crippen LogP contribution in [0.2, 0.25) is 0 Å². The van der Waals surface area contributed by atoms with Crippen LogP contribution in [-0.4, -0.2) is 194 Å². The van der Waals surface area contributed by atoms with Crippen LogP contribution in [0.3, 0.4) is 0 Å². The lowest BCUT2D eigenvalue weighted by molar-refractivity contribution is -0.126. The van der Waals surface area contributed by atoms with Crippen molar-refractivity contribution >= 4 is 161 Å². The molecule has 33 heteroatoms. The lowest BCUT2D eigenvalue weighted by Gasteiger charge is -2.46. The van der Waals surface area contributed by atoms with Crippen LogP contribution in [0.15, 0.2) is 223 Å². The maximum absolute atomic E-state index is 13.4. The van der Waals surface area contributed by atoms with E-state index in [9.17, 15) is 43.5 Å². The molecule has 5 saturated heterocycles. The van der Waals surface area contributed by atoms with Gasteiger partial charge in [0, 0.05) is 101 Å². The predicted octanol–water partition coefficient (Wildman–Crippen LogP) is 19.4. The molecule has 9 fully saturated rings. The zero-order chi connectivity index (χ0) is 96.3. The number of ether oxygens (including phenoxy) is 1. The van der Waals surface area contributed by atoms with Crippen molar-refractivity contribution in [3.8, 4) is 21.3 Å². The molecule has 0 unspecified atom stereocenters. The summed E-state index contributed by atoms with van der Waals surface area (Å²) >= 11 is 5.83. The van der Waals surface area contributed by atoms with Crippen LogP contribution in [-0.2, 0) is 49.9 Å². The second kappa shape index (κ2) is 38.7. The van der Waals surface area contributed by atoms with Gasteiger partial charge in [0.25, 0.3) is 23.6 Å². The Morgan fingerprint density at radius 1 is 0.421 bits per heavy atom. The lowest BCUT2D eigenvalue weighted by atomic mass is 9.64. The number of imidazole rings is 4. The first-order chi connectivity index (χ1) is 68.0. The third kappa shape index (κ3) is 18.6. The highest BCUT2D eigenvalue weighted by Crippen LogP contribution is 2.60. The number of aliphatic hydroxyl groups is 1. The molecule has 10 aliphatic rings. The maximum atomic E-state index is 13.4. The van der Waals surface area contributed by atoms with Crippen LogP contribution < -0.4 is 21.3 Å². The van der Waals surface area contributed by atoms with Gasteiger partial charge in [-0.05, 0) is 292 Å². The van der Waals surface area contributed by atoms with E-state index >= 15 is 0 Å². The number of hydrogen-bond donors (Lipinski definition) is 5. The minimum atomic E-state index is -0.227. The molecule has 0 bridgehead atoms. The highest BCUT2D eigenvalue weighted by atomic mass is 32.1. The number of nitrogens with one attached hydrogen (secondary N) is 4. The first-order valence-corrected chi connectivity index (χ1v) is 51.6. The number of para-hydroxylation sites is 4. The smallest absolute Gasteiger partial charge is 0.268 e. The van der Waals surface area contributed by atoms with E-state index in [1.807, 2.05) is 135 Å². The number of furan rings is 2. The van der Waals surface area contributed by atoms with E-state index in [1.54, 1.807) is 29.9 Å². The Balaban J connectivity index is 0.000000112. The highest BCUT2D eigenvalue weighted by molar-refractivity contribution is 7.18. The average Bonchev–Trinajstić information content (AvgIpc) is 1.59. The summed E-state index contributed by atoms with van der Waals surface area (Å²) in [6.45, 7) is 26.8. The van der Waals surface area contributed by atoms with Gasteiger partial charge in [-0.15, -0.1) is 45.3 Å². The van der Waals surface area contributed by atoms with E-state index in [-0.39, 0.29) is 99.7 Å². The second-order valence-electron chi connectivity index (χ2n) is 39.3. The zero-order valence-electron chi connectivity index (χ0n) is 78.1. The van der Waals surface area contributed by atoms with Gasteiger partial charge in [-0.3, -0.25) is 64.5 Å². The Labute approximate surface area is 825 Å². The van der Waals surface area contributed by atoms with E-state index < -0.39 is 0 Å². The van der Waals surface area contributed by atoms with E-state index in [0.29, 0.717) is 38.4 Å². The number of rotatable bonds is 21. The van der Waals surface area contributed by atoms with Crippen molar-refractivity contribution < 1.29 is 57.0 Å². The molecule has 0 atom stereocenters. The Morgan fingerprint density at radius 2 is 0.807 bits per heavy atom. The molecule has 14 aromatic rings. The van der Waals surface area contributed by atoms with E-state index in [4.69, 9.17) is 33.5 Å². The van der Waals surface area contributed by atoms with Crippen molar-refractivity contribution in [3.05, 3.63) is 261 Å². The van der Waals surface area contributed by atoms with Crippen LogP contribution in [0.4, 0.5) is 23.8 Å². The highest BCUT2D eigenvalue weighted by Gasteiger charge is 2.55. The number of aryl methyl sites for hydroxylation is 3. The summed E-state index contributed by atoms with van der Waals surface area (Å²) in [6.07, 6.45) is 25.0. The molecule has 5 aliphatic heterocycles. The Morgan fingerprint density at radius 3 is 1.20 bits per heavy atom. The molecular weight excluding hydrogens is 1840 g/mol. The number of hydrogen-bond acceptors (Lipinski definition) is 21. The molecule has 4 spiro atoms. The standard InChI is InChI=1S/C31H33N5O4S.C27H26N4O4S.C26H28N4O2S.C23H24N4O2S/c1-2-28(37)35-10-9-31(20-35)17-22(18-31)36-24-16-21(19-34-11-14-39-15-12-34)5-6-23(24)32-30(36)33-29(38)27-8-7-26(41-27)25-4-3-13-40-25;1-2-24(33)30-10-9-27(16-30)13-18(14-27)31-20-12-17(15-32)5-6-19(20)28-26(31)29-25(34)23-8-7-22(36-23)21-4-3-11-35-21;1-2-23(31)29-12-11-26(16-29)14-18(15-26)30-20-9-5-4-8-19(20)27-25(30)28-24(32)22-13-17-7-3-6-10-21(17)33-22;1-3-20(28)26-9-8-23(14-26)11-16(12-23)27-18-7-5-4-6-17(18)24-22(27)25-21(29)19-10-15(2)13-30-19/h2-8,13,16,22H,1,9-12,14-15,17-20H2,(H,32,33,38);2-8,11-12,18,32H,1,9-10,13-16H2,(H,28,29,34);2,4-5,8-9,13,18H,1,3,6-7,10-12,14-16H2,(H,27,28,32);3-7,10,13,16H,1,8-9,11-12,14H2,2H3,(H,24,25,29). The van der Waals surface area contributed by atoms with Crippen LogP contribution in [0.25, 0.3) is 65.4 Å². The van der Waals surface area contributed by atoms with Gasteiger partial charge in [0.05, 0.1) is 106 Å². The Kier molecular flexibility index (Phi) is 25.7. The number of nitrogens with zero attached hydrogens (tertiary/aromatic N) is 13. The number of aliphatic hydroxyl groups excluding tert-OH is 1. The molecule has 140 heavy (non-hydrogen) atoms. The number of carbonyl (C=O) groups excluding carboxylic acids is 8. The minimum absolute atomic E-state index is 0.00368. The summed E-state index contributed by atoms with van der Waals surface area (Å²) in [5.41, 5.74) is 12.4. The fourth-order valence-electron chi connectivity index (χ4n) is 23.1. The van der Waals surface area contributed by atoms with Crippen LogP contribution in [0.5, 0.6) is 0 Å². The molecule has 720 valence electrons. The summed E-state index contributed by atoms with van der Waals surface area (Å²) in [5.74, 6) is 3.19. The number of anilines is 4.